The van der Waals surface area contributed by atoms with Crippen LogP contribution in [0.2, 0.25) is 0 Å². The number of fused-ring (bicyclic) bond motifs is 1. The number of hydrogen-bond acceptors (Lipinski definition) is 4. The number of aromatic amines is 1. The number of benzene rings is 1. The summed E-state index contributed by atoms with van der Waals surface area (Å²) in [5, 5.41) is 3.44. The van der Waals surface area contributed by atoms with Gasteiger partial charge in [-0.1, -0.05) is 12.1 Å². The van der Waals surface area contributed by atoms with Crippen LogP contribution < -0.4 is 5.32 Å². The first-order valence-electron chi connectivity index (χ1n) is 7.64. The Morgan fingerprint density at radius 3 is 2.81 bits per heavy atom. The normalized spacial score (nSPS) is 22.1. The zero-order valence-corrected chi connectivity index (χ0v) is 12.3. The van der Waals surface area contributed by atoms with Gasteiger partial charge >= 0.3 is 5.97 Å². The van der Waals surface area contributed by atoms with Gasteiger partial charge < -0.3 is 15.0 Å². The van der Waals surface area contributed by atoms with Gasteiger partial charge in [0.1, 0.15) is 0 Å². The second kappa shape index (κ2) is 6.16. The number of H-pyrrole nitrogens is 1. The lowest BCUT2D eigenvalue weighted by atomic mass is 9.86. The molecule has 5 heteroatoms. The number of esters is 1. The van der Waals surface area contributed by atoms with E-state index in [0.29, 0.717) is 12.6 Å². The van der Waals surface area contributed by atoms with Crippen LogP contribution in [0, 0.1) is 5.92 Å². The topological polar surface area (TPSA) is 67.0 Å². The van der Waals surface area contributed by atoms with E-state index in [2.05, 4.69) is 15.3 Å². The van der Waals surface area contributed by atoms with E-state index in [1.54, 1.807) is 0 Å². The van der Waals surface area contributed by atoms with Crippen molar-refractivity contribution < 1.29 is 9.53 Å². The predicted octanol–water partition coefficient (Wildman–Crippen LogP) is 3.10. The lowest BCUT2D eigenvalue weighted by molar-refractivity contribution is -0.149. The molecule has 2 N–H and O–H groups in total. The van der Waals surface area contributed by atoms with Gasteiger partial charge in [-0.25, -0.2) is 4.98 Å². The maximum atomic E-state index is 11.7. The smallest absolute Gasteiger partial charge is 0.308 e. The highest BCUT2D eigenvalue weighted by molar-refractivity contribution is 5.77. The summed E-state index contributed by atoms with van der Waals surface area (Å²) in [6, 6.07) is 8.36. The average Bonchev–Trinajstić information content (AvgIpc) is 2.90. The zero-order chi connectivity index (χ0) is 14.7. The van der Waals surface area contributed by atoms with E-state index < -0.39 is 0 Å². The quantitative estimate of drug-likeness (QED) is 0.848. The molecule has 1 aromatic carbocycles. The summed E-state index contributed by atoms with van der Waals surface area (Å²) in [6.07, 6.45) is 3.72. The predicted molar refractivity (Wildman–Crippen MR) is 82.1 cm³/mol. The monoisotopic (exact) mass is 287 g/mol. The third-order valence-corrected chi connectivity index (χ3v) is 4.08. The van der Waals surface area contributed by atoms with Crippen molar-refractivity contribution in [1.82, 2.24) is 9.97 Å². The van der Waals surface area contributed by atoms with E-state index in [9.17, 15) is 4.79 Å². The minimum Gasteiger partial charge on any atom is -0.466 e. The van der Waals surface area contributed by atoms with E-state index in [1.807, 2.05) is 31.2 Å². The van der Waals surface area contributed by atoms with E-state index in [-0.39, 0.29) is 11.9 Å². The van der Waals surface area contributed by atoms with Crippen LogP contribution in [0.25, 0.3) is 11.0 Å². The summed E-state index contributed by atoms with van der Waals surface area (Å²) >= 11 is 0. The summed E-state index contributed by atoms with van der Waals surface area (Å²) < 4.78 is 5.10. The SMILES string of the molecule is CCOC(=O)[C@H]1CC[C@@H](Nc2nc3ccccc3[nH]2)CC1. The van der Waals surface area contributed by atoms with Gasteiger partial charge in [0.15, 0.2) is 0 Å². The Morgan fingerprint density at radius 1 is 1.33 bits per heavy atom. The highest BCUT2D eigenvalue weighted by atomic mass is 16.5. The van der Waals surface area contributed by atoms with E-state index in [0.717, 1.165) is 42.7 Å². The zero-order valence-electron chi connectivity index (χ0n) is 12.3. The molecule has 0 spiro atoms. The number of carbonyl (C=O) groups excluding carboxylic acids is 1. The molecule has 3 rings (SSSR count). The average molecular weight is 287 g/mol. The molecule has 2 aromatic rings. The van der Waals surface area contributed by atoms with Crippen LogP contribution in [0.5, 0.6) is 0 Å². The first kappa shape index (κ1) is 13.9. The maximum absolute atomic E-state index is 11.7. The van der Waals surface area contributed by atoms with Crippen LogP contribution in [0.15, 0.2) is 24.3 Å². The van der Waals surface area contributed by atoms with Gasteiger partial charge in [0.05, 0.1) is 23.6 Å². The van der Waals surface area contributed by atoms with Gasteiger partial charge in [0, 0.05) is 6.04 Å². The number of imidazole rings is 1. The Morgan fingerprint density at radius 2 is 2.10 bits per heavy atom. The minimum atomic E-state index is -0.0420. The van der Waals surface area contributed by atoms with Crippen molar-refractivity contribution >= 4 is 23.0 Å². The summed E-state index contributed by atoms with van der Waals surface area (Å²) in [5.74, 6) is 0.842. The number of hydrogen-bond donors (Lipinski definition) is 2. The number of aromatic nitrogens is 2. The molecule has 1 aliphatic rings. The Kier molecular flexibility index (Phi) is 4.08. The molecule has 1 saturated carbocycles. The molecular weight excluding hydrogens is 266 g/mol. The highest BCUT2D eigenvalue weighted by Crippen LogP contribution is 2.27. The van der Waals surface area contributed by atoms with Gasteiger partial charge in [-0.3, -0.25) is 4.79 Å². The van der Waals surface area contributed by atoms with Crippen molar-refractivity contribution in [3.8, 4) is 0 Å². The molecule has 1 aromatic heterocycles. The summed E-state index contributed by atoms with van der Waals surface area (Å²) in [7, 11) is 0. The molecule has 0 bridgehead atoms. The molecule has 5 nitrogen and oxygen atoms in total. The molecule has 1 aliphatic carbocycles. The van der Waals surface area contributed by atoms with Gasteiger partial charge in [-0.05, 0) is 44.7 Å². The minimum absolute atomic E-state index is 0.0420. The first-order chi connectivity index (χ1) is 10.3. The third kappa shape index (κ3) is 3.17. The second-order valence-corrected chi connectivity index (χ2v) is 5.55. The number of anilines is 1. The summed E-state index contributed by atoms with van der Waals surface area (Å²) in [6.45, 7) is 2.32. The Hall–Kier alpha value is -2.04. The van der Waals surface area contributed by atoms with Crippen molar-refractivity contribution in [2.75, 3.05) is 11.9 Å². The van der Waals surface area contributed by atoms with Crippen LogP contribution in [-0.4, -0.2) is 28.6 Å². The lowest BCUT2D eigenvalue weighted by Crippen LogP contribution is -2.30. The van der Waals surface area contributed by atoms with Gasteiger partial charge in [0.2, 0.25) is 5.95 Å². The van der Waals surface area contributed by atoms with Crippen molar-refractivity contribution in [3.05, 3.63) is 24.3 Å². The van der Waals surface area contributed by atoms with E-state index in [1.165, 1.54) is 0 Å². The fraction of sp³-hybridized carbons (Fsp3) is 0.500. The molecular formula is C16H21N3O2. The van der Waals surface area contributed by atoms with Gasteiger partial charge in [-0.2, -0.15) is 0 Å². The number of para-hydroxylation sites is 2. The standard InChI is InChI=1S/C16H21N3O2/c1-2-21-15(20)11-7-9-12(10-8-11)17-16-18-13-5-3-4-6-14(13)19-16/h3-6,11-12H,2,7-10H2,1H3,(H2,17,18,19)/t11-,12+. The molecule has 112 valence electrons. The van der Waals surface area contributed by atoms with Gasteiger partial charge in [0.25, 0.3) is 0 Å². The molecule has 0 saturated heterocycles. The molecule has 0 unspecified atom stereocenters. The first-order valence-corrected chi connectivity index (χ1v) is 7.64. The van der Waals surface area contributed by atoms with Gasteiger partial charge in [-0.15, -0.1) is 0 Å². The lowest BCUT2D eigenvalue weighted by Gasteiger charge is -2.27. The third-order valence-electron chi connectivity index (χ3n) is 4.08. The molecule has 1 heterocycles. The van der Waals surface area contributed by atoms with Crippen LogP contribution in [0.1, 0.15) is 32.6 Å². The fourth-order valence-corrected chi connectivity index (χ4v) is 2.95. The summed E-state index contributed by atoms with van der Waals surface area (Å²) in [5.41, 5.74) is 2.01. The van der Waals surface area contributed by atoms with E-state index >= 15 is 0 Å². The number of ether oxygens (including phenoxy) is 1. The van der Waals surface area contributed by atoms with Crippen LogP contribution in [0.4, 0.5) is 5.95 Å². The molecule has 0 amide bonds. The van der Waals surface area contributed by atoms with Crippen molar-refractivity contribution in [2.45, 2.75) is 38.6 Å². The number of nitrogens with one attached hydrogen (secondary N) is 2. The maximum Gasteiger partial charge on any atom is 0.308 e. The Balaban J connectivity index is 1.56. The van der Waals surface area contributed by atoms with Crippen molar-refractivity contribution in [3.63, 3.8) is 0 Å². The number of carbonyl (C=O) groups is 1. The van der Waals surface area contributed by atoms with Crippen molar-refractivity contribution in [2.24, 2.45) is 5.92 Å². The largest absolute Gasteiger partial charge is 0.466 e. The Bertz CT molecular complexity index is 582. The molecule has 0 radical (unpaired) electrons. The molecule has 0 aliphatic heterocycles. The molecule has 1 fully saturated rings. The molecule has 21 heavy (non-hydrogen) atoms. The summed E-state index contributed by atoms with van der Waals surface area (Å²) in [4.78, 5) is 19.5. The highest BCUT2D eigenvalue weighted by Gasteiger charge is 2.27. The number of nitrogens with zero attached hydrogens (tertiary/aromatic N) is 1. The van der Waals surface area contributed by atoms with Crippen LogP contribution in [0.3, 0.4) is 0 Å². The van der Waals surface area contributed by atoms with E-state index in [4.69, 9.17) is 4.74 Å². The second-order valence-electron chi connectivity index (χ2n) is 5.55. The van der Waals surface area contributed by atoms with Crippen molar-refractivity contribution in [1.29, 1.82) is 0 Å². The van der Waals surface area contributed by atoms with Crippen LogP contribution >= 0.6 is 0 Å². The Labute approximate surface area is 124 Å². The number of rotatable bonds is 4. The van der Waals surface area contributed by atoms with Crippen LogP contribution in [-0.2, 0) is 9.53 Å². The fourth-order valence-electron chi connectivity index (χ4n) is 2.95. The molecule has 0 atom stereocenters.